The van der Waals surface area contributed by atoms with Crippen LogP contribution in [-0.2, 0) is 0 Å². The summed E-state index contributed by atoms with van der Waals surface area (Å²) in [5.41, 5.74) is 13.8. The van der Waals surface area contributed by atoms with Crippen molar-refractivity contribution < 1.29 is 4.42 Å². The molecule has 0 fully saturated rings. The first-order chi connectivity index (χ1) is 25.6. The Labute approximate surface area is 302 Å². The third-order valence-corrected chi connectivity index (χ3v) is 11.4. The molecular weight excluding hydrogens is 633 g/mol. The minimum atomic E-state index is -0.273. The predicted octanol–water partition coefficient (Wildman–Crippen LogP) is 13.1. The average molecular weight is 667 g/mol. The largest absolute Gasteiger partial charge is 0.456 e. The molecule has 246 valence electrons. The molecule has 3 heteroatoms. The molecule has 9 aromatic rings. The van der Waals surface area contributed by atoms with Gasteiger partial charge in [0.05, 0.1) is 16.6 Å². The van der Waals surface area contributed by atoms with E-state index in [1.54, 1.807) is 0 Å². The van der Waals surface area contributed by atoms with Gasteiger partial charge in [-0.3, -0.25) is 0 Å². The fourth-order valence-electron chi connectivity index (χ4n) is 8.94. The van der Waals surface area contributed by atoms with Crippen LogP contribution in [-0.4, -0.2) is 10.1 Å². The number of anilines is 2. The summed E-state index contributed by atoms with van der Waals surface area (Å²) < 4.78 is 8.51. The Morgan fingerprint density at radius 1 is 0.519 bits per heavy atom. The molecular formula is C49H34N2O. The summed E-state index contributed by atoms with van der Waals surface area (Å²) in [5, 5.41) is 4.87. The normalized spacial score (nSPS) is 18.0. The van der Waals surface area contributed by atoms with E-state index in [2.05, 4.69) is 186 Å². The van der Waals surface area contributed by atoms with Gasteiger partial charge >= 0.3 is 0 Å². The highest BCUT2D eigenvalue weighted by molar-refractivity contribution is 6.10. The zero-order chi connectivity index (χ0) is 34.4. The van der Waals surface area contributed by atoms with Crippen molar-refractivity contribution >= 4 is 60.8 Å². The molecule has 0 radical (unpaired) electrons. The summed E-state index contributed by atoms with van der Waals surface area (Å²) in [6.45, 7) is 2.38. The number of furan rings is 1. The Balaban J connectivity index is 0.962. The molecule has 0 bridgehead atoms. The van der Waals surface area contributed by atoms with Crippen LogP contribution in [0.5, 0.6) is 0 Å². The van der Waals surface area contributed by atoms with Crippen LogP contribution in [0, 0.1) is 0 Å². The molecule has 11 rings (SSSR count). The van der Waals surface area contributed by atoms with Crippen LogP contribution in [0.15, 0.2) is 186 Å². The Hall–Kier alpha value is -6.58. The number of benzene rings is 7. The minimum absolute atomic E-state index is 0.177. The minimum Gasteiger partial charge on any atom is -0.456 e. The number of para-hydroxylation sites is 4. The number of hydrogen-bond acceptors (Lipinski definition) is 2. The summed E-state index contributed by atoms with van der Waals surface area (Å²) in [4.78, 5) is 2.55. The Morgan fingerprint density at radius 3 is 1.90 bits per heavy atom. The van der Waals surface area contributed by atoms with Crippen molar-refractivity contribution in [3.05, 3.63) is 188 Å². The van der Waals surface area contributed by atoms with Crippen LogP contribution < -0.4 is 4.90 Å². The lowest BCUT2D eigenvalue weighted by atomic mass is 9.79. The number of rotatable bonds is 4. The van der Waals surface area contributed by atoms with Crippen LogP contribution in [0.4, 0.5) is 11.4 Å². The van der Waals surface area contributed by atoms with E-state index < -0.39 is 0 Å². The first-order valence-corrected chi connectivity index (χ1v) is 18.1. The van der Waals surface area contributed by atoms with E-state index in [4.69, 9.17) is 4.42 Å². The van der Waals surface area contributed by atoms with Crippen molar-refractivity contribution in [2.24, 2.45) is 0 Å². The maximum absolute atomic E-state index is 6.08. The molecule has 0 N–H and O–H groups in total. The Bertz CT molecular complexity index is 2890. The summed E-state index contributed by atoms with van der Waals surface area (Å²) in [6.07, 6.45) is 7.25. The Kier molecular flexibility index (Phi) is 6.15. The molecule has 1 aliphatic heterocycles. The maximum Gasteiger partial charge on any atom is 0.135 e. The first kappa shape index (κ1) is 29.2. The van der Waals surface area contributed by atoms with Crippen molar-refractivity contribution in [3.63, 3.8) is 0 Å². The molecule has 3 heterocycles. The molecule has 2 unspecified atom stereocenters. The highest BCUT2D eigenvalue weighted by Gasteiger charge is 2.47. The summed E-state index contributed by atoms with van der Waals surface area (Å²) in [5.74, 6) is 0.177. The highest BCUT2D eigenvalue weighted by atomic mass is 16.3. The second-order valence-electron chi connectivity index (χ2n) is 14.3. The van der Waals surface area contributed by atoms with Crippen molar-refractivity contribution in [1.82, 2.24) is 4.57 Å². The smallest absolute Gasteiger partial charge is 0.135 e. The van der Waals surface area contributed by atoms with E-state index in [1.807, 2.05) is 12.1 Å². The lowest BCUT2D eigenvalue weighted by Crippen LogP contribution is -2.42. The van der Waals surface area contributed by atoms with Crippen LogP contribution in [0.3, 0.4) is 0 Å². The molecule has 0 amide bonds. The second-order valence-corrected chi connectivity index (χ2v) is 14.3. The summed E-state index contributed by atoms with van der Waals surface area (Å²) in [7, 11) is 0. The molecule has 2 aromatic heterocycles. The SMILES string of the molecule is CC12C=CC(n3c4ccccc4c4ccccc43)=CC1c1ccccc1N2c1cccc(-c2ccc(-c3ccc4oc5ccccc5c4c3)cc2)c1. The summed E-state index contributed by atoms with van der Waals surface area (Å²) in [6, 6.07) is 59.2. The van der Waals surface area contributed by atoms with Crippen LogP contribution >= 0.6 is 0 Å². The van der Waals surface area contributed by atoms with Gasteiger partial charge in [0, 0.05) is 44.5 Å². The van der Waals surface area contributed by atoms with Gasteiger partial charge in [0.2, 0.25) is 0 Å². The number of hydrogen-bond donors (Lipinski definition) is 0. The summed E-state index contributed by atoms with van der Waals surface area (Å²) >= 11 is 0. The van der Waals surface area contributed by atoms with E-state index >= 15 is 0 Å². The molecule has 1 aliphatic carbocycles. The second kappa shape index (κ2) is 11.0. The first-order valence-electron chi connectivity index (χ1n) is 18.1. The molecule has 3 nitrogen and oxygen atoms in total. The third-order valence-electron chi connectivity index (χ3n) is 11.4. The molecule has 0 spiro atoms. The van der Waals surface area contributed by atoms with Crippen molar-refractivity contribution in [2.75, 3.05) is 4.90 Å². The monoisotopic (exact) mass is 666 g/mol. The fourth-order valence-corrected chi connectivity index (χ4v) is 8.94. The van der Waals surface area contributed by atoms with Gasteiger partial charge in [0.15, 0.2) is 0 Å². The lowest BCUT2D eigenvalue weighted by Gasteiger charge is -2.40. The molecule has 2 atom stereocenters. The van der Waals surface area contributed by atoms with E-state index in [1.165, 1.54) is 66.7 Å². The highest BCUT2D eigenvalue weighted by Crippen LogP contribution is 2.55. The van der Waals surface area contributed by atoms with Crippen LogP contribution in [0.1, 0.15) is 18.4 Å². The fraction of sp³-hybridized carbons (Fsp3) is 0.0612. The molecule has 0 saturated heterocycles. The maximum atomic E-state index is 6.08. The van der Waals surface area contributed by atoms with E-state index in [9.17, 15) is 0 Å². The molecule has 7 aromatic carbocycles. The molecule has 52 heavy (non-hydrogen) atoms. The number of fused-ring (bicyclic) bond motifs is 9. The zero-order valence-corrected chi connectivity index (χ0v) is 28.7. The number of allylic oxidation sites excluding steroid dienone is 2. The number of nitrogens with zero attached hydrogens (tertiary/aromatic N) is 2. The van der Waals surface area contributed by atoms with Crippen LogP contribution in [0.25, 0.3) is 71.7 Å². The Morgan fingerprint density at radius 2 is 1.13 bits per heavy atom. The molecule has 2 aliphatic rings. The zero-order valence-electron chi connectivity index (χ0n) is 28.7. The quantitative estimate of drug-likeness (QED) is 0.186. The van der Waals surface area contributed by atoms with Gasteiger partial charge in [-0.15, -0.1) is 0 Å². The predicted molar refractivity (Wildman–Crippen MR) is 217 cm³/mol. The van der Waals surface area contributed by atoms with E-state index in [0.717, 1.165) is 21.9 Å². The van der Waals surface area contributed by atoms with Gasteiger partial charge < -0.3 is 13.9 Å². The van der Waals surface area contributed by atoms with Crippen molar-refractivity contribution in [1.29, 1.82) is 0 Å². The van der Waals surface area contributed by atoms with E-state index in [0.29, 0.717) is 0 Å². The van der Waals surface area contributed by atoms with Crippen molar-refractivity contribution in [2.45, 2.75) is 18.4 Å². The van der Waals surface area contributed by atoms with Gasteiger partial charge in [0.25, 0.3) is 0 Å². The van der Waals surface area contributed by atoms with Crippen LogP contribution in [0.2, 0.25) is 0 Å². The van der Waals surface area contributed by atoms with E-state index in [-0.39, 0.29) is 11.5 Å². The third kappa shape index (κ3) is 4.20. The van der Waals surface area contributed by atoms with Crippen molar-refractivity contribution in [3.8, 4) is 22.3 Å². The topological polar surface area (TPSA) is 21.3 Å². The van der Waals surface area contributed by atoms with Gasteiger partial charge in [-0.1, -0.05) is 127 Å². The average Bonchev–Trinajstić information content (AvgIpc) is 3.83. The standard InChI is InChI=1S/C49H34N2O/c1-49-28-27-36(50-44-17-6-2-13-38(44)39-14-3-7-18-45(39)50)31-43(49)41-16-4-8-19-46(41)51(49)37-12-10-11-34(29-37)32-21-23-33(24-22-32)35-25-26-48-42(30-35)40-15-5-9-20-47(40)52-48/h2-31,43H,1H3. The van der Waals surface area contributed by atoms with Gasteiger partial charge in [-0.25, -0.2) is 0 Å². The number of aromatic nitrogens is 1. The van der Waals surface area contributed by atoms with Gasteiger partial charge in [-0.05, 0) is 89.3 Å². The van der Waals surface area contributed by atoms with Gasteiger partial charge in [-0.2, -0.15) is 0 Å². The van der Waals surface area contributed by atoms with Gasteiger partial charge in [0.1, 0.15) is 11.2 Å². The molecule has 0 saturated carbocycles. The lowest BCUT2D eigenvalue weighted by molar-refractivity contribution is 0.542.